The van der Waals surface area contributed by atoms with E-state index in [1.807, 2.05) is 0 Å². The Hall–Kier alpha value is -1.26. The largest absolute Gasteiger partial charge is 0.381 e. The number of benzene rings is 2. The van der Waals surface area contributed by atoms with Crippen LogP contribution in [0.5, 0.6) is 0 Å². The molecule has 0 saturated carbocycles. The van der Waals surface area contributed by atoms with E-state index in [2.05, 4.69) is 15.9 Å². The van der Waals surface area contributed by atoms with Gasteiger partial charge in [-0.05, 0) is 36.8 Å². The highest BCUT2D eigenvalue weighted by molar-refractivity contribution is 9.10. The molecule has 2 aromatic rings. The zero-order valence-electron chi connectivity index (χ0n) is 9.62. The highest BCUT2D eigenvalue weighted by Crippen LogP contribution is 2.31. The predicted molar refractivity (Wildman–Crippen MR) is 69.2 cm³/mol. The van der Waals surface area contributed by atoms with E-state index in [4.69, 9.17) is 0 Å². The summed E-state index contributed by atoms with van der Waals surface area (Å²) in [6.07, 6.45) is 0. The molecule has 1 nitrogen and oxygen atoms in total. The van der Waals surface area contributed by atoms with Crippen LogP contribution in [0.25, 0.3) is 0 Å². The minimum atomic E-state index is -1.50. The summed E-state index contributed by atoms with van der Waals surface area (Å²) in [5, 5.41) is 10.4. The number of rotatable bonds is 2. The lowest BCUT2D eigenvalue weighted by Gasteiger charge is -2.25. The molecular formula is C14H11BrF2O. The zero-order valence-corrected chi connectivity index (χ0v) is 11.2. The van der Waals surface area contributed by atoms with Crippen LogP contribution in [0.3, 0.4) is 0 Å². The van der Waals surface area contributed by atoms with Gasteiger partial charge in [-0.1, -0.05) is 28.1 Å². The summed E-state index contributed by atoms with van der Waals surface area (Å²) >= 11 is 3.29. The van der Waals surface area contributed by atoms with Crippen LogP contribution in [0.2, 0.25) is 0 Å². The topological polar surface area (TPSA) is 20.2 Å². The minimum Gasteiger partial charge on any atom is -0.381 e. The fourth-order valence-electron chi connectivity index (χ4n) is 1.81. The molecule has 0 aliphatic rings. The number of hydrogen-bond donors (Lipinski definition) is 1. The molecule has 94 valence electrons. The van der Waals surface area contributed by atoms with Gasteiger partial charge in [-0.2, -0.15) is 0 Å². The fourth-order valence-corrected chi connectivity index (χ4v) is 2.08. The maximum absolute atomic E-state index is 13.7. The lowest BCUT2D eigenvalue weighted by atomic mass is 9.88. The van der Waals surface area contributed by atoms with E-state index < -0.39 is 17.2 Å². The number of hydrogen-bond acceptors (Lipinski definition) is 1. The van der Waals surface area contributed by atoms with E-state index in [0.717, 1.165) is 16.6 Å². The van der Waals surface area contributed by atoms with Crippen molar-refractivity contribution in [3.63, 3.8) is 0 Å². The van der Waals surface area contributed by atoms with Crippen LogP contribution in [-0.2, 0) is 5.60 Å². The molecule has 0 aromatic heterocycles. The molecule has 1 unspecified atom stereocenters. The van der Waals surface area contributed by atoms with Gasteiger partial charge in [-0.15, -0.1) is 0 Å². The van der Waals surface area contributed by atoms with E-state index >= 15 is 0 Å². The maximum atomic E-state index is 13.7. The summed E-state index contributed by atoms with van der Waals surface area (Å²) in [6.45, 7) is 1.48. The minimum absolute atomic E-state index is 0.0474. The van der Waals surface area contributed by atoms with Crippen LogP contribution in [-0.4, -0.2) is 5.11 Å². The molecule has 18 heavy (non-hydrogen) atoms. The maximum Gasteiger partial charge on any atom is 0.132 e. The molecule has 0 aliphatic heterocycles. The average molecular weight is 313 g/mol. The van der Waals surface area contributed by atoms with Crippen molar-refractivity contribution in [3.05, 3.63) is 69.7 Å². The van der Waals surface area contributed by atoms with Gasteiger partial charge in [0.05, 0.1) is 0 Å². The molecule has 0 aliphatic carbocycles. The van der Waals surface area contributed by atoms with Crippen LogP contribution in [0.15, 0.2) is 46.9 Å². The molecule has 0 spiro atoms. The third kappa shape index (κ3) is 2.44. The van der Waals surface area contributed by atoms with Gasteiger partial charge in [0.2, 0.25) is 0 Å². The van der Waals surface area contributed by atoms with Crippen molar-refractivity contribution < 1.29 is 13.9 Å². The first-order chi connectivity index (χ1) is 8.41. The Morgan fingerprint density at radius 2 is 1.67 bits per heavy atom. The van der Waals surface area contributed by atoms with Gasteiger partial charge in [0, 0.05) is 16.1 Å². The van der Waals surface area contributed by atoms with Crippen molar-refractivity contribution in [2.24, 2.45) is 0 Å². The summed E-state index contributed by atoms with van der Waals surface area (Å²) in [6, 6.07) is 10.0. The van der Waals surface area contributed by atoms with Crippen LogP contribution < -0.4 is 0 Å². The second kappa shape index (κ2) is 4.78. The molecule has 1 N–H and O–H groups in total. The van der Waals surface area contributed by atoms with Gasteiger partial charge in [0.1, 0.15) is 17.2 Å². The monoisotopic (exact) mass is 312 g/mol. The van der Waals surface area contributed by atoms with Gasteiger partial charge in [-0.3, -0.25) is 0 Å². The van der Waals surface area contributed by atoms with Crippen molar-refractivity contribution in [2.45, 2.75) is 12.5 Å². The molecular weight excluding hydrogens is 302 g/mol. The van der Waals surface area contributed by atoms with Gasteiger partial charge in [0.25, 0.3) is 0 Å². The summed E-state index contributed by atoms with van der Waals surface area (Å²) in [4.78, 5) is 0. The first-order valence-corrected chi connectivity index (χ1v) is 6.14. The van der Waals surface area contributed by atoms with E-state index in [0.29, 0.717) is 5.56 Å². The first-order valence-electron chi connectivity index (χ1n) is 5.35. The molecule has 4 heteroatoms. The molecule has 2 rings (SSSR count). The van der Waals surface area contributed by atoms with E-state index in [1.165, 1.54) is 13.0 Å². The lowest BCUT2D eigenvalue weighted by Crippen LogP contribution is -2.24. The Bertz CT molecular complexity index is 565. The van der Waals surface area contributed by atoms with Crippen LogP contribution >= 0.6 is 15.9 Å². The Balaban J connectivity index is 2.50. The Kier molecular flexibility index (Phi) is 3.50. The Morgan fingerprint density at radius 3 is 2.22 bits per heavy atom. The highest BCUT2D eigenvalue weighted by atomic mass is 79.9. The van der Waals surface area contributed by atoms with Crippen molar-refractivity contribution in [2.75, 3.05) is 0 Å². The quantitative estimate of drug-likeness (QED) is 0.889. The van der Waals surface area contributed by atoms with E-state index in [9.17, 15) is 13.9 Å². The van der Waals surface area contributed by atoms with Gasteiger partial charge < -0.3 is 5.11 Å². The van der Waals surface area contributed by atoms with Gasteiger partial charge in [-0.25, -0.2) is 8.78 Å². The summed E-state index contributed by atoms with van der Waals surface area (Å²) in [5.74, 6) is -1.43. The molecule has 0 bridgehead atoms. The Morgan fingerprint density at radius 1 is 1.06 bits per heavy atom. The molecule has 0 fully saturated rings. The van der Waals surface area contributed by atoms with Gasteiger partial charge in [0.15, 0.2) is 0 Å². The van der Waals surface area contributed by atoms with E-state index in [-0.39, 0.29) is 5.56 Å². The standard InChI is InChI=1S/C14H11BrF2O/c1-14(18,9-2-4-10(15)5-3-9)12-7-6-11(16)8-13(12)17/h2-8,18H,1H3. The third-order valence-electron chi connectivity index (χ3n) is 2.86. The van der Waals surface area contributed by atoms with Crippen LogP contribution in [0, 0.1) is 11.6 Å². The van der Waals surface area contributed by atoms with Gasteiger partial charge >= 0.3 is 0 Å². The second-order valence-electron chi connectivity index (χ2n) is 4.20. The number of aliphatic hydroxyl groups is 1. The van der Waals surface area contributed by atoms with Crippen molar-refractivity contribution in [1.29, 1.82) is 0 Å². The molecule has 0 saturated heterocycles. The van der Waals surface area contributed by atoms with E-state index in [1.54, 1.807) is 24.3 Å². The smallest absolute Gasteiger partial charge is 0.132 e. The molecule has 0 heterocycles. The van der Waals surface area contributed by atoms with Crippen LogP contribution in [0.4, 0.5) is 8.78 Å². The van der Waals surface area contributed by atoms with Crippen LogP contribution in [0.1, 0.15) is 18.1 Å². The number of halogens is 3. The lowest BCUT2D eigenvalue weighted by molar-refractivity contribution is 0.0978. The molecule has 0 radical (unpaired) electrons. The summed E-state index contributed by atoms with van der Waals surface area (Å²) in [7, 11) is 0. The van der Waals surface area contributed by atoms with Crippen molar-refractivity contribution in [1.82, 2.24) is 0 Å². The Labute approximate surface area is 112 Å². The summed E-state index contributed by atoms with van der Waals surface area (Å²) < 4.78 is 27.4. The average Bonchev–Trinajstić information content (AvgIpc) is 2.29. The zero-order chi connectivity index (χ0) is 13.3. The normalized spacial score (nSPS) is 14.3. The third-order valence-corrected chi connectivity index (χ3v) is 3.39. The summed E-state index contributed by atoms with van der Waals surface area (Å²) in [5.41, 5.74) is -0.916. The van der Waals surface area contributed by atoms with Crippen molar-refractivity contribution in [3.8, 4) is 0 Å². The fraction of sp³-hybridized carbons (Fsp3) is 0.143. The predicted octanol–water partition coefficient (Wildman–Crippen LogP) is 3.98. The SMILES string of the molecule is CC(O)(c1ccc(Br)cc1)c1ccc(F)cc1F. The molecule has 1 atom stereocenters. The van der Waals surface area contributed by atoms with Crippen molar-refractivity contribution >= 4 is 15.9 Å². The highest BCUT2D eigenvalue weighted by Gasteiger charge is 2.28. The second-order valence-corrected chi connectivity index (χ2v) is 5.12. The first kappa shape index (κ1) is 13.2. The molecule has 2 aromatic carbocycles. The molecule has 0 amide bonds.